The van der Waals surface area contributed by atoms with Crippen molar-refractivity contribution in [1.82, 2.24) is 4.98 Å². The van der Waals surface area contributed by atoms with E-state index in [0.29, 0.717) is 16.8 Å². The molecule has 128 valence electrons. The maximum absolute atomic E-state index is 12.4. The van der Waals surface area contributed by atoms with Gasteiger partial charge in [-0.1, -0.05) is 17.7 Å². The summed E-state index contributed by atoms with van der Waals surface area (Å²) in [6.07, 6.45) is 0. The fraction of sp³-hybridized carbons (Fsp3) is 0.100. The first-order valence-electron chi connectivity index (χ1n) is 7.90. The molecule has 2 aromatic carbocycles. The van der Waals surface area contributed by atoms with Crippen LogP contribution in [0, 0.1) is 35.3 Å². The van der Waals surface area contributed by atoms with E-state index >= 15 is 0 Å². The van der Waals surface area contributed by atoms with Crippen LogP contribution in [-0.2, 0) is 0 Å². The second kappa shape index (κ2) is 6.65. The summed E-state index contributed by atoms with van der Waals surface area (Å²) in [5, 5.41) is 20.2. The van der Waals surface area contributed by atoms with Gasteiger partial charge in [0.25, 0.3) is 11.2 Å². The normalized spacial score (nSPS) is 10.3. The maximum Gasteiger partial charge on any atom is 0.269 e. The Bertz CT molecular complexity index is 1110. The third-order valence-corrected chi connectivity index (χ3v) is 4.22. The van der Waals surface area contributed by atoms with Gasteiger partial charge < -0.3 is 4.98 Å². The zero-order chi connectivity index (χ0) is 18.8. The monoisotopic (exact) mass is 345 g/mol. The van der Waals surface area contributed by atoms with Crippen LogP contribution in [0.15, 0.2) is 53.3 Å². The molecule has 6 nitrogen and oxygen atoms in total. The smallest absolute Gasteiger partial charge is 0.269 e. The van der Waals surface area contributed by atoms with Crippen LogP contribution in [0.25, 0.3) is 22.4 Å². The molecule has 0 unspecified atom stereocenters. The molecule has 1 aromatic heterocycles. The van der Waals surface area contributed by atoms with Gasteiger partial charge in [0.2, 0.25) is 0 Å². The zero-order valence-corrected chi connectivity index (χ0v) is 14.2. The number of nitrogens with one attached hydrogen (secondary N) is 1. The van der Waals surface area contributed by atoms with E-state index < -0.39 is 10.5 Å². The average Bonchev–Trinajstić information content (AvgIpc) is 2.63. The lowest BCUT2D eigenvalue weighted by atomic mass is 9.96. The van der Waals surface area contributed by atoms with Crippen LogP contribution in [0.2, 0.25) is 0 Å². The lowest BCUT2D eigenvalue weighted by Gasteiger charge is -2.11. The van der Waals surface area contributed by atoms with E-state index in [1.807, 2.05) is 38.1 Å². The van der Waals surface area contributed by atoms with E-state index in [1.165, 1.54) is 12.1 Å². The van der Waals surface area contributed by atoms with Crippen molar-refractivity contribution in [3.05, 3.63) is 85.7 Å². The molecule has 6 heteroatoms. The van der Waals surface area contributed by atoms with Crippen molar-refractivity contribution in [3.8, 4) is 28.5 Å². The maximum atomic E-state index is 12.4. The van der Waals surface area contributed by atoms with Gasteiger partial charge in [-0.25, -0.2) is 0 Å². The molecule has 0 saturated carbocycles. The molecule has 0 spiro atoms. The molecule has 0 saturated heterocycles. The third-order valence-electron chi connectivity index (χ3n) is 4.22. The number of aromatic amines is 1. The fourth-order valence-electron chi connectivity index (χ4n) is 2.83. The van der Waals surface area contributed by atoms with Gasteiger partial charge in [-0.2, -0.15) is 5.26 Å². The SMILES string of the molecule is Cc1ccc(C)c(-c2cc(-c3ccc([N+](=O)[O-])cc3)c(C#N)c(=O)[nH]2)c1. The highest BCUT2D eigenvalue weighted by molar-refractivity contribution is 5.76. The van der Waals surface area contributed by atoms with Crippen LogP contribution in [0.5, 0.6) is 0 Å². The molecule has 0 atom stereocenters. The van der Waals surface area contributed by atoms with Crippen LogP contribution in [0.4, 0.5) is 5.69 Å². The van der Waals surface area contributed by atoms with Gasteiger partial charge >= 0.3 is 0 Å². The number of benzene rings is 2. The Morgan fingerprint density at radius 2 is 1.73 bits per heavy atom. The van der Waals surface area contributed by atoms with Crippen molar-refractivity contribution in [2.45, 2.75) is 13.8 Å². The Morgan fingerprint density at radius 3 is 2.35 bits per heavy atom. The average molecular weight is 345 g/mol. The van der Waals surface area contributed by atoms with Gasteiger partial charge in [0.15, 0.2) is 0 Å². The number of hydrogen-bond donors (Lipinski definition) is 1. The molecule has 0 bridgehead atoms. The van der Waals surface area contributed by atoms with Crippen LogP contribution in [0.3, 0.4) is 0 Å². The lowest BCUT2D eigenvalue weighted by molar-refractivity contribution is -0.384. The first-order valence-corrected chi connectivity index (χ1v) is 7.90. The zero-order valence-electron chi connectivity index (χ0n) is 14.2. The highest BCUT2D eigenvalue weighted by Gasteiger charge is 2.15. The standard InChI is InChI=1S/C20H15N3O3/c1-12-3-4-13(2)16(9-12)19-10-17(18(11-21)20(24)22-19)14-5-7-15(8-6-14)23(25)26/h3-10H,1-2H3,(H,22,24). The van der Waals surface area contributed by atoms with E-state index in [4.69, 9.17) is 0 Å². The Labute approximate surface area is 149 Å². The predicted octanol–water partition coefficient (Wildman–Crippen LogP) is 4.11. The van der Waals surface area contributed by atoms with Crippen molar-refractivity contribution >= 4 is 5.69 Å². The number of nitro groups is 1. The minimum Gasteiger partial charge on any atom is -0.321 e. The van der Waals surface area contributed by atoms with Gasteiger partial charge in [-0.3, -0.25) is 14.9 Å². The molecule has 0 amide bonds. The van der Waals surface area contributed by atoms with Gasteiger partial charge in [0.1, 0.15) is 11.6 Å². The quantitative estimate of drug-likeness (QED) is 0.570. The number of nitro benzene ring substituents is 1. The first kappa shape index (κ1) is 17.1. The van der Waals surface area contributed by atoms with Crippen molar-refractivity contribution in [3.63, 3.8) is 0 Å². The minimum absolute atomic E-state index is 0.0205. The van der Waals surface area contributed by atoms with Crippen LogP contribution in [0.1, 0.15) is 16.7 Å². The molecule has 3 rings (SSSR count). The largest absolute Gasteiger partial charge is 0.321 e. The van der Waals surface area contributed by atoms with Gasteiger partial charge in [-0.05, 0) is 49.2 Å². The summed E-state index contributed by atoms with van der Waals surface area (Å²) in [5.41, 5.74) is 3.97. The molecule has 0 fully saturated rings. The predicted molar refractivity (Wildman–Crippen MR) is 98.8 cm³/mol. The number of aryl methyl sites for hydroxylation is 2. The number of nitrogens with zero attached hydrogens (tertiary/aromatic N) is 2. The molecule has 26 heavy (non-hydrogen) atoms. The molecule has 0 aliphatic carbocycles. The topological polar surface area (TPSA) is 99.8 Å². The molecular formula is C20H15N3O3. The second-order valence-corrected chi connectivity index (χ2v) is 6.03. The summed E-state index contributed by atoms with van der Waals surface area (Å²) >= 11 is 0. The Kier molecular flexibility index (Phi) is 4.38. The van der Waals surface area contributed by atoms with Crippen molar-refractivity contribution in [2.75, 3.05) is 0 Å². The summed E-state index contributed by atoms with van der Waals surface area (Å²) in [7, 11) is 0. The van der Waals surface area contributed by atoms with Gasteiger partial charge in [0.05, 0.1) is 4.92 Å². The summed E-state index contributed by atoms with van der Waals surface area (Å²) in [5.74, 6) is 0. The van der Waals surface area contributed by atoms with Gasteiger partial charge in [-0.15, -0.1) is 0 Å². The number of rotatable bonds is 3. The molecule has 0 radical (unpaired) electrons. The highest BCUT2D eigenvalue weighted by Crippen LogP contribution is 2.29. The molecule has 0 aliphatic rings. The van der Waals surface area contributed by atoms with E-state index in [9.17, 15) is 20.2 Å². The van der Waals surface area contributed by atoms with Crippen molar-refractivity contribution < 1.29 is 4.92 Å². The molecule has 3 aromatic rings. The lowest BCUT2D eigenvalue weighted by Crippen LogP contribution is -2.13. The number of aromatic nitrogens is 1. The summed E-state index contributed by atoms with van der Waals surface area (Å²) in [4.78, 5) is 25.5. The van der Waals surface area contributed by atoms with E-state index in [1.54, 1.807) is 18.2 Å². The number of non-ortho nitro benzene ring substituents is 1. The van der Waals surface area contributed by atoms with E-state index in [2.05, 4.69) is 4.98 Å². The fourth-order valence-corrected chi connectivity index (χ4v) is 2.83. The Balaban J connectivity index is 2.23. The summed E-state index contributed by atoms with van der Waals surface area (Å²) in [6.45, 7) is 3.90. The van der Waals surface area contributed by atoms with Crippen LogP contribution >= 0.6 is 0 Å². The number of H-pyrrole nitrogens is 1. The molecular weight excluding hydrogens is 330 g/mol. The Morgan fingerprint density at radius 1 is 1.04 bits per heavy atom. The van der Waals surface area contributed by atoms with Crippen LogP contribution in [-0.4, -0.2) is 9.91 Å². The minimum atomic E-state index is -0.492. The summed E-state index contributed by atoms with van der Waals surface area (Å²) in [6, 6.07) is 15.4. The van der Waals surface area contributed by atoms with Crippen molar-refractivity contribution in [2.24, 2.45) is 0 Å². The Hall–Kier alpha value is -3.72. The van der Waals surface area contributed by atoms with E-state index in [0.717, 1.165) is 16.7 Å². The highest BCUT2D eigenvalue weighted by atomic mass is 16.6. The molecule has 1 N–H and O–H groups in total. The molecule has 1 heterocycles. The molecule has 0 aliphatic heterocycles. The summed E-state index contributed by atoms with van der Waals surface area (Å²) < 4.78 is 0. The van der Waals surface area contributed by atoms with Crippen LogP contribution < -0.4 is 5.56 Å². The van der Waals surface area contributed by atoms with Crippen molar-refractivity contribution in [1.29, 1.82) is 5.26 Å². The number of pyridine rings is 1. The van der Waals surface area contributed by atoms with E-state index in [-0.39, 0.29) is 11.3 Å². The third kappa shape index (κ3) is 3.10. The first-order chi connectivity index (χ1) is 12.4. The van der Waals surface area contributed by atoms with Gasteiger partial charge in [0, 0.05) is 29.0 Å². The second-order valence-electron chi connectivity index (χ2n) is 6.03. The number of hydrogen-bond acceptors (Lipinski definition) is 4. The number of nitriles is 1.